The van der Waals surface area contributed by atoms with Gasteiger partial charge in [0.1, 0.15) is 23.2 Å². The molecule has 1 atom stereocenters. The summed E-state index contributed by atoms with van der Waals surface area (Å²) in [5, 5.41) is -0.368. The van der Waals surface area contributed by atoms with E-state index >= 15 is 0 Å². The zero-order chi connectivity index (χ0) is 29.4. The van der Waals surface area contributed by atoms with E-state index in [4.69, 9.17) is 15.5 Å². The highest BCUT2D eigenvalue weighted by molar-refractivity contribution is 7.90. The Hall–Kier alpha value is -3.73. The fraction of sp³-hybridized carbons (Fsp3) is 0.414. The number of anilines is 2. The molecule has 1 aliphatic heterocycles. The van der Waals surface area contributed by atoms with Crippen LogP contribution >= 0.6 is 0 Å². The normalized spacial score (nSPS) is 16.8. The molecular weight excluding hydrogens is 533 g/mol. The minimum Gasteiger partial charge on any atom is -0.493 e. The number of nitrogens with two attached hydrogens (primary N) is 1. The number of hydrogen-bond acceptors (Lipinski definition) is 8. The van der Waals surface area contributed by atoms with E-state index in [0.717, 1.165) is 6.42 Å². The molecule has 9 nitrogen and oxygen atoms in total. The number of nitrogens with one attached hydrogen (secondary N) is 1. The number of aromatic nitrogens is 2. The molecule has 0 spiro atoms. The Kier molecular flexibility index (Phi) is 8.07. The van der Waals surface area contributed by atoms with Crippen LogP contribution in [0, 0.1) is 24.6 Å². The maximum absolute atomic E-state index is 14.7. The Bertz CT molecular complexity index is 1540. The summed E-state index contributed by atoms with van der Waals surface area (Å²) in [5.74, 6) is -0.0515. The van der Waals surface area contributed by atoms with E-state index in [1.807, 2.05) is 32.6 Å². The van der Waals surface area contributed by atoms with Crippen molar-refractivity contribution in [3.8, 4) is 17.0 Å². The van der Waals surface area contributed by atoms with Crippen LogP contribution in [0.25, 0.3) is 11.3 Å². The van der Waals surface area contributed by atoms with Gasteiger partial charge >= 0.3 is 0 Å². The third kappa shape index (κ3) is 6.35. The van der Waals surface area contributed by atoms with Gasteiger partial charge in [0.25, 0.3) is 15.9 Å². The molecule has 1 amide bonds. The van der Waals surface area contributed by atoms with E-state index in [0.29, 0.717) is 47.5 Å². The lowest BCUT2D eigenvalue weighted by Crippen LogP contribution is -2.41. The number of nitrogens with zero attached hydrogens (tertiary/aromatic N) is 3. The summed E-state index contributed by atoms with van der Waals surface area (Å²) in [6, 6.07) is 10.2. The Morgan fingerprint density at radius 1 is 1.23 bits per heavy atom. The van der Waals surface area contributed by atoms with Crippen molar-refractivity contribution in [2.24, 2.45) is 11.8 Å². The van der Waals surface area contributed by atoms with Crippen LogP contribution in [-0.4, -0.2) is 43.0 Å². The fourth-order valence-electron chi connectivity index (χ4n) is 5.08. The first-order valence-corrected chi connectivity index (χ1v) is 14.7. The van der Waals surface area contributed by atoms with Gasteiger partial charge < -0.3 is 15.4 Å². The van der Waals surface area contributed by atoms with Crippen LogP contribution in [-0.2, 0) is 10.0 Å². The van der Waals surface area contributed by atoms with Crippen LogP contribution in [0.2, 0.25) is 0 Å². The van der Waals surface area contributed by atoms with E-state index in [1.165, 1.54) is 30.3 Å². The average molecular weight is 570 g/mol. The second kappa shape index (κ2) is 11.0. The van der Waals surface area contributed by atoms with Gasteiger partial charge in [-0.3, -0.25) is 4.79 Å². The Balaban J connectivity index is 1.82. The number of pyridine rings is 2. The van der Waals surface area contributed by atoms with Crippen LogP contribution in [0.4, 0.5) is 16.0 Å². The fourth-order valence-corrected chi connectivity index (χ4v) is 6.03. The Morgan fingerprint density at radius 3 is 2.58 bits per heavy atom. The number of carbonyl (C=O) groups excluding carboxylic acids is 1. The number of halogens is 1. The molecule has 3 heterocycles. The summed E-state index contributed by atoms with van der Waals surface area (Å²) in [6.45, 7) is 13.0. The van der Waals surface area contributed by atoms with Gasteiger partial charge in [-0.2, -0.15) is 8.42 Å². The smallest absolute Gasteiger partial charge is 0.281 e. The van der Waals surface area contributed by atoms with Gasteiger partial charge in [-0.1, -0.05) is 26.8 Å². The third-order valence-corrected chi connectivity index (χ3v) is 7.97. The molecule has 0 aliphatic carbocycles. The molecule has 1 fully saturated rings. The molecule has 214 valence electrons. The number of sulfonamides is 1. The zero-order valence-electron chi connectivity index (χ0n) is 23.7. The molecule has 40 heavy (non-hydrogen) atoms. The van der Waals surface area contributed by atoms with Gasteiger partial charge in [0.15, 0.2) is 5.03 Å². The molecule has 0 bridgehead atoms. The number of benzene rings is 1. The molecule has 0 saturated carbocycles. The monoisotopic (exact) mass is 569 g/mol. The number of rotatable bonds is 8. The van der Waals surface area contributed by atoms with Crippen LogP contribution in [0.15, 0.2) is 47.5 Å². The molecule has 1 aromatic carbocycles. The van der Waals surface area contributed by atoms with Crippen LogP contribution < -0.4 is 20.1 Å². The standard InChI is InChI=1S/C29H36FN5O4S/c1-17(2)16-39-22-12-20(11-21(30)13-22)26-19(4)10-23(27(33-26)35-15-18(3)14-29(35,5)6)28(36)34-40(37,38)25-9-7-8-24(31)32-25/h7-13,17-18H,14-16H2,1-6H3,(H2,31,32)(H,34,36)/t18-/m0/s1. The quantitative estimate of drug-likeness (QED) is 0.390. The van der Waals surface area contributed by atoms with Crippen LogP contribution in [0.5, 0.6) is 5.75 Å². The number of ether oxygens (including phenoxy) is 1. The van der Waals surface area contributed by atoms with Gasteiger partial charge in [0, 0.05) is 23.7 Å². The van der Waals surface area contributed by atoms with E-state index in [1.54, 1.807) is 19.1 Å². The van der Waals surface area contributed by atoms with Gasteiger partial charge in [0.05, 0.1) is 17.9 Å². The predicted octanol–water partition coefficient (Wildman–Crippen LogP) is 4.95. The number of nitrogen functional groups attached to an aromatic ring is 1. The van der Waals surface area contributed by atoms with Crippen molar-refractivity contribution in [1.29, 1.82) is 0 Å². The summed E-state index contributed by atoms with van der Waals surface area (Å²) < 4.78 is 48.6. The minimum atomic E-state index is -4.31. The lowest BCUT2D eigenvalue weighted by atomic mass is 9.97. The first-order chi connectivity index (χ1) is 18.7. The maximum atomic E-state index is 14.7. The van der Waals surface area contributed by atoms with Crippen molar-refractivity contribution >= 4 is 27.6 Å². The first kappa shape index (κ1) is 29.3. The highest BCUT2D eigenvalue weighted by Crippen LogP contribution is 2.39. The molecule has 3 aromatic rings. The number of carbonyl (C=O) groups is 1. The summed E-state index contributed by atoms with van der Waals surface area (Å²) in [4.78, 5) is 24.3. The highest BCUT2D eigenvalue weighted by atomic mass is 32.2. The highest BCUT2D eigenvalue weighted by Gasteiger charge is 2.39. The largest absolute Gasteiger partial charge is 0.493 e. The van der Waals surface area contributed by atoms with Crippen molar-refractivity contribution in [3.63, 3.8) is 0 Å². The van der Waals surface area contributed by atoms with Crippen molar-refractivity contribution in [2.75, 3.05) is 23.8 Å². The molecule has 4 rings (SSSR count). The predicted molar refractivity (Wildman–Crippen MR) is 153 cm³/mol. The molecule has 1 saturated heterocycles. The summed E-state index contributed by atoms with van der Waals surface area (Å²) in [6.07, 6.45) is 0.845. The van der Waals surface area contributed by atoms with Gasteiger partial charge in [0.2, 0.25) is 0 Å². The van der Waals surface area contributed by atoms with Crippen molar-refractivity contribution < 1.29 is 22.3 Å². The minimum absolute atomic E-state index is 0.0116. The maximum Gasteiger partial charge on any atom is 0.281 e. The topological polar surface area (TPSA) is 128 Å². The Morgan fingerprint density at radius 2 is 1.95 bits per heavy atom. The van der Waals surface area contributed by atoms with E-state index in [2.05, 4.69) is 16.6 Å². The molecule has 0 radical (unpaired) electrons. The molecule has 11 heteroatoms. The number of amides is 1. The van der Waals surface area contributed by atoms with E-state index < -0.39 is 21.7 Å². The first-order valence-electron chi connectivity index (χ1n) is 13.2. The molecule has 3 N–H and O–H groups in total. The lowest BCUT2D eigenvalue weighted by Gasteiger charge is -2.34. The van der Waals surface area contributed by atoms with Crippen LogP contribution in [0.1, 0.15) is 57.0 Å². The van der Waals surface area contributed by atoms with Gasteiger partial charge in [-0.15, -0.1) is 0 Å². The van der Waals surface area contributed by atoms with Crippen molar-refractivity contribution in [3.05, 3.63) is 59.4 Å². The summed E-state index contributed by atoms with van der Waals surface area (Å²) in [5.41, 5.74) is 6.90. The van der Waals surface area contributed by atoms with Gasteiger partial charge in [-0.05, 0) is 74.9 Å². The Labute approximate surface area is 235 Å². The van der Waals surface area contributed by atoms with Crippen LogP contribution in [0.3, 0.4) is 0 Å². The van der Waals surface area contributed by atoms with E-state index in [-0.39, 0.29) is 27.9 Å². The third-order valence-electron chi connectivity index (χ3n) is 6.74. The second-order valence-electron chi connectivity index (χ2n) is 11.5. The average Bonchev–Trinajstić information content (AvgIpc) is 3.13. The van der Waals surface area contributed by atoms with E-state index in [9.17, 15) is 17.6 Å². The number of hydrogen-bond donors (Lipinski definition) is 2. The molecule has 1 aliphatic rings. The summed E-state index contributed by atoms with van der Waals surface area (Å²) in [7, 11) is -4.31. The second-order valence-corrected chi connectivity index (χ2v) is 13.1. The molecule has 2 aromatic heterocycles. The van der Waals surface area contributed by atoms with Crippen molar-refractivity contribution in [1.82, 2.24) is 14.7 Å². The SMILES string of the molecule is Cc1cc(C(=O)NS(=O)(=O)c2cccc(N)n2)c(N2C[C@@H](C)CC2(C)C)nc1-c1cc(F)cc(OCC(C)C)c1. The molecule has 0 unspecified atom stereocenters. The number of aryl methyl sites for hydroxylation is 1. The van der Waals surface area contributed by atoms with Gasteiger partial charge in [-0.25, -0.2) is 19.1 Å². The van der Waals surface area contributed by atoms with Crippen molar-refractivity contribution in [2.45, 2.75) is 58.5 Å². The summed E-state index contributed by atoms with van der Waals surface area (Å²) >= 11 is 0. The molecular formula is C29H36FN5O4S. The lowest BCUT2D eigenvalue weighted by molar-refractivity contribution is 0.0981. The zero-order valence-corrected chi connectivity index (χ0v) is 24.5.